The first kappa shape index (κ1) is 19.9. The second kappa shape index (κ2) is 7.67. The third-order valence-corrected chi connectivity index (χ3v) is 4.43. The van der Waals surface area contributed by atoms with E-state index in [0.717, 1.165) is 12.1 Å². The summed E-state index contributed by atoms with van der Waals surface area (Å²) in [5, 5.41) is 12.9. The van der Waals surface area contributed by atoms with E-state index in [4.69, 9.17) is 11.6 Å². The van der Waals surface area contributed by atoms with Crippen molar-refractivity contribution in [2.75, 3.05) is 5.32 Å². The summed E-state index contributed by atoms with van der Waals surface area (Å²) >= 11 is 5.60. The third-order valence-electron chi connectivity index (χ3n) is 4.10. The monoisotopic (exact) mass is 411 g/mol. The largest absolute Gasteiger partial charge is 0.417 e. The number of halogens is 4. The van der Waals surface area contributed by atoms with Crippen LogP contribution in [0, 0.1) is 5.92 Å². The number of anilines is 1. The molecule has 0 radical (unpaired) electrons. The van der Waals surface area contributed by atoms with Gasteiger partial charge in [0.15, 0.2) is 11.5 Å². The molecule has 2 amide bonds. The number of fused-ring (bicyclic) bond motifs is 1. The van der Waals surface area contributed by atoms with Gasteiger partial charge in [0, 0.05) is 11.9 Å². The van der Waals surface area contributed by atoms with Gasteiger partial charge >= 0.3 is 12.2 Å². The Morgan fingerprint density at radius 1 is 1.18 bits per heavy atom. The summed E-state index contributed by atoms with van der Waals surface area (Å²) in [6, 6.07) is 7.41. The highest BCUT2D eigenvalue weighted by Crippen LogP contribution is 2.36. The molecule has 0 fully saturated rings. The van der Waals surface area contributed by atoms with Crippen LogP contribution in [0.5, 0.6) is 0 Å². The number of amides is 2. The Morgan fingerprint density at radius 3 is 2.61 bits per heavy atom. The Bertz CT molecular complexity index is 1000. The van der Waals surface area contributed by atoms with E-state index in [9.17, 15) is 18.0 Å². The lowest BCUT2D eigenvalue weighted by molar-refractivity contribution is -0.137. The zero-order chi connectivity index (χ0) is 20.5. The Morgan fingerprint density at radius 2 is 1.93 bits per heavy atom. The number of alkyl halides is 3. The molecule has 3 aromatic rings. The number of benzene rings is 1. The summed E-state index contributed by atoms with van der Waals surface area (Å²) in [4.78, 5) is 12.4. The molecule has 1 unspecified atom stereocenters. The van der Waals surface area contributed by atoms with Crippen LogP contribution in [0.3, 0.4) is 0 Å². The number of carbonyl (C=O) groups excluding carboxylic acids is 1. The van der Waals surface area contributed by atoms with Crippen LogP contribution < -0.4 is 10.6 Å². The predicted molar refractivity (Wildman–Crippen MR) is 99.2 cm³/mol. The molecule has 6 nitrogen and oxygen atoms in total. The number of hydrogen-bond acceptors (Lipinski definition) is 3. The summed E-state index contributed by atoms with van der Waals surface area (Å²) in [7, 11) is 0. The Balaban J connectivity index is 1.81. The van der Waals surface area contributed by atoms with E-state index in [1.165, 1.54) is 6.07 Å². The minimum Gasteiger partial charge on any atom is -0.328 e. The smallest absolute Gasteiger partial charge is 0.328 e. The van der Waals surface area contributed by atoms with E-state index in [-0.39, 0.29) is 11.6 Å². The SMILES string of the molecule is CC(C)C(NC(=O)Nc1ccc(Cl)c(C(F)(F)F)c1)c1nnc2ccccn12. The number of rotatable bonds is 4. The molecule has 0 aliphatic carbocycles. The van der Waals surface area contributed by atoms with Gasteiger partial charge in [0.1, 0.15) is 0 Å². The van der Waals surface area contributed by atoms with Crippen LogP contribution in [-0.2, 0) is 6.18 Å². The fraction of sp³-hybridized carbons (Fsp3) is 0.278. The van der Waals surface area contributed by atoms with Gasteiger partial charge in [-0.05, 0) is 36.2 Å². The summed E-state index contributed by atoms with van der Waals surface area (Å²) in [6.07, 6.45) is -2.85. The van der Waals surface area contributed by atoms with Crippen molar-refractivity contribution in [2.45, 2.75) is 26.1 Å². The lowest BCUT2D eigenvalue weighted by Crippen LogP contribution is -2.36. The van der Waals surface area contributed by atoms with Gasteiger partial charge in [-0.15, -0.1) is 10.2 Å². The highest BCUT2D eigenvalue weighted by atomic mass is 35.5. The van der Waals surface area contributed by atoms with Crippen molar-refractivity contribution < 1.29 is 18.0 Å². The first-order valence-electron chi connectivity index (χ1n) is 8.40. The number of pyridine rings is 1. The first-order chi connectivity index (χ1) is 13.2. The molecule has 1 atom stereocenters. The van der Waals surface area contributed by atoms with Crippen molar-refractivity contribution in [3.05, 3.63) is 59.0 Å². The average molecular weight is 412 g/mol. The van der Waals surface area contributed by atoms with Crippen LogP contribution in [0.15, 0.2) is 42.6 Å². The molecule has 0 saturated heterocycles. The number of nitrogens with one attached hydrogen (secondary N) is 2. The highest BCUT2D eigenvalue weighted by molar-refractivity contribution is 6.31. The third kappa shape index (κ3) is 4.19. The highest BCUT2D eigenvalue weighted by Gasteiger charge is 2.33. The standard InChI is InChI=1S/C18H17ClF3N5O/c1-10(2)15(16-26-25-14-5-3-4-8-27(14)16)24-17(28)23-11-6-7-13(19)12(9-11)18(20,21)22/h3-10,15H,1-2H3,(H2,23,24,28). The number of hydrogen-bond donors (Lipinski definition) is 2. The lowest BCUT2D eigenvalue weighted by Gasteiger charge is -2.21. The molecule has 0 spiro atoms. The predicted octanol–water partition coefficient (Wildman–Crippen LogP) is 4.92. The number of nitrogens with zero attached hydrogens (tertiary/aromatic N) is 3. The second-order valence-electron chi connectivity index (χ2n) is 6.50. The summed E-state index contributed by atoms with van der Waals surface area (Å²) in [6.45, 7) is 3.78. The maximum atomic E-state index is 13.0. The molecule has 28 heavy (non-hydrogen) atoms. The fourth-order valence-corrected chi connectivity index (χ4v) is 2.95. The maximum absolute atomic E-state index is 13.0. The topological polar surface area (TPSA) is 71.3 Å². The summed E-state index contributed by atoms with van der Waals surface area (Å²) in [5.74, 6) is 0.474. The molecule has 10 heteroatoms. The molecule has 3 rings (SSSR count). The molecule has 2 aromatic heterocycles. The van der Waals surface area contributed by atoms with E-state index < -0.39 is 28.8 Å². The summed E-state index contributed by atoms with van der Waals surface area (Å²) in [5.41, 5.74) is -0.420. The normalized spacial score (nSPS) is 13.0. The van der Waals surface area contributed by atoms with Crippen molar-refractivity contribution >= 4 is 29.0 Å². The zero-order valence-electron chi connectivity index (χ0n) is 15.0. The molecular weight excluding hydrogens is 395 g/mol. The minimum absolute atomic E-state index is 0.0252. The molecule has 0 saturated carbocycles. The Kier molecular flexibility index (Phi) is 5.46. The van der Waals surface area contributed by atoms with Crippen LogP contribution in [0.1, 0.15) is 31.3 Å². The van der Waals surface area contributed by atoms with Gasteiger partial charge in [-0.1, -0.05) is 31.5 Å². The van der Waals surface area contributed by atoms with Gasteiger partial charge in [-0.3, -0.25) is 4.40 Å². The molecule has 148 valence electrons. The fourth-order valence-electron chi connectivity index (χ4n) is 2.73. The number of carbonyl (C=O) groups is 1. The second-order valence-corrected chi connectivity index (χ2v) is 6.91. The van der Waals surface area contributed by atoms with E-state index in [1.807, 2.05) is 26.0 Å². The molecule has 1 aromatic carbocycles. The quantitative estimate of drug-likeness (QED) is 0.640. The van der Waals surface area contributed by atoms with Crippen molar-refractivity contribution in [2.24, 2.45) is 5.92 Å². The molecule has 2 N–H and O–H groups in total. The van der Waals surface area contributed by atoms with Crippen LogP contribution in [0.4, 0.5) is 23.7 Å². The van der Waals surface area contributed by atoms with Gasteiger partial charge in [0.25, 0.3) is 0 Å². The van der Waals surface area contributed by atoms with Crippen molar-refractivity contribution in [3.63, 3.8) is 0 Å². The van der Waals surface area contributed by atoms with Gasteiger partial charge in [-0.2, -0.15) is 13.2 Å². The van der Waals surface area contributed by atoms with Crippen molar-refractivity contribution in [1.82, 2.24) is 19.9 Å². The average Bonchev–Trinajstić information content (AvgIpc) is 3.04. The van der Waals surface area contributed by atoms with E-state index in [2.05, 4.69) is 20.8 Å². The molecule has 0 bridgehead atoms. The van der Waals surface area contributed by atoms with Crippen molar-refractivity contribution in [1.29, 1.82) is 0 Å². The van der Waals surface area contributed by atoms with E-state index in [0.29, 0.717) is 11.5 Å². The zero-order valence-corrected chi connectivity index (χ0v) is 15.7. The van der Waals surface area contributed by atoms with Crippen molar-refractivity contribution in [3.8, 4) is 0 Å². The first-order valence-corrected chi connectivity index (χ1v) is 8.78. The van der Waals surface area contributed by atoms with Gasteiger partial charge in [-0.25, -0.2) is 4.79 Å². The number of urea groups is 1. The van der Waals surface area contributed by atoms with Gasteiger partial charge in [0.2, 0.25) is 0 Å². The number of aromatic nitrogens is 3. The van der Waals surface area contributed by atoms with Crippen LogP contribution in [0.2, 0.25) is 5.02 Å². The van der Waals surface area contributed by atoms with Gasteiger partial charge in [0.05, 0.1) is 16.6 Å². The van der Waals surface area contributed by atoms with Crippen LogP contribution in [0.25, 0.3) is 5.65 Å². The van der Waals surface area contributed by atoms with Gasteiger partial charge < -0.3 is 10.6 Å². The maximum Gasteiger partial charge on any atom is 0.417 e. The van der Waals surface area contributed by atoms with Crippen LogP contribution >= 0.6 is 11.6 Å². The Hall–Kier alpha value is -2.81. The molecule has 0 aliphatic rings. The molecule has 2 heterocycles. The van der Waals surface area contributed by atoms with Crippen LogP contribution in [-0.4, -0.2) is 20.6 Å². The summed E-state index contributed by atoms with van der Waals surface area (Å²) < 4.78 is 40.7. The molecule has 0 aliphatic heterocycles. The lowest BCUT2D eigenvalue weighted by atomic mass is 10.0. The molecular formula is C18H17ClF3N5O. The minimum atomic E-state index is -4.62. The van der Waals surface area contributed by atoms with E-state index in [1.54, 1.807) is 16.7 Å². The van der Waals surface area contributed by atoms with E-state index >= 15 is 0 Å². The Labute approximate surface area is 163 Å².